The molecule has 5 rings (SSSR count). The summed E-state index contributed by atoms with van der Waals surface area (Å²) in [5.74, 6) is 2.77. The average Bonchev–Trinajstić information content (AvgIpc) is 3.41. The van der Waals surface area contributed by atoms with E-state index in [-0.39, 0.29) is 5.78 Å². The third-order valence-electron chi connectivity index (χ3n) is 5.90. The Bertz CT molecular complexity index is 1660. The van der Waals surface area contributed by atoms with Crippen LogP contribution in [0.3, 0.4) is 0 Å². The summed E-state index contributed by atoms with van der Waals surface area (Å²) in [6.45, 7) is 0. The van der Waals surface area contributed by atoms with Crippen LogP contribution in [-0.2, 0) is 4.57 Å². The number of nitrogens with one attached hydrogen (secondary N) is 1. The Morgan fingerprint density at radius 1 is 0.675 bits per heavy atom. The van der Waals surface area contributed by atoms with Gasteiger partial charge in [-0.2, -0.15) is 0 Å². The molecule has 0 radical (unpaired) electrons. The van der Waals surface area contributed by atoms with Crippen LogP contribution >= 0.6 is 41.8 Å². The van der Waals surface area contributed by atoms with Crippen molar-refractivity contribution < 1.29 is 9.36 Å². The van der Waals surface area contributed by atoms with Crippen molar-refractivity contribution in [3.05, 3.63) is 155 Å². The first-order valence-corrected chi connectivity index (χ1v) is 15.7. The predicted octanol–water partition coefficient (Wildman–Crippen LogP) is 10.2. The van der Waals surface area contributed by atoms with Gasteiger partial charge in [-0.25, -0.2) is 4.98 Å². The molecule has 4 aromatic carbocycles. The quantitative estimate of drug-likeness (QED) is 0.135. The molecule has 1 N–H and O–H groups in total. The average molecular weight is 601 g/mol. The number of anilines is 1. The lowest BCUT2D eigenvalue weighted by molar-refractivity contribution is 0.104. The van der Waals surface area contributed by atoms with E-state index >= 15 is 0 Å². The number of carbonyl (C=O) groups excluding carboxylic acids is 1. The number of benzene rings is 4. The lowest BCUT2D eigenvalue weighted by Crippen LogP contribution is -2.00. The Hall–Kier alpha value is -3.73. The van der Waals surface area contributed by atoms with E-state index in [9.17, 15) is 9.36 Å². The first-order chi connectivity index (χ1) is 19.4. The number of halogens is 2. The summed E-state index contributed by atoms with van der Waals surface area (Å²) in [6.07, 6.45) is 0. The van der Waals surface area contributed by atoms with E-state index in [1.807, 2.05) is 109 Å². The van der Waals surface area contributed by atoms with Crippen LogP contribution in [0.5, 0.6) is 0 Å². The Morgan fingerprint density at radius 3 is 1.57 bits per heavy atom. The minimum absolute atomic E-state index is 0.171. The molecule has 0 aliphatic heterocycles. The maximum atomic E-state index is 14.5. The highest BCUT2D eigenvalue weighted by Crippen LogP contribution is 2.54. The summed E-state index contributed by atoms with van der Waals surface area (Å²) >= 11 is 14.5. The van der Waals surface area contributed by atoms with Gasteiger partial charge in [-0.3, -0.25) is 9.36 Å². The number of hydrogen-bond acceptors (Lipinski definition) is 4. The van der Waals surface area contributed by atoms with E-state index in [1.54, 1.807) is 12.1 Å². The number of nitrogens with zero attached hydrogens (tertiary/aromatic N) is 1. The van der Waals surface area contributed by atoms with E-state index in [1.165, 1.54) is 11.6 Å². The number of hydrogen-bond donors (Lipinski definition) is 1. The highest BCUT2D eigenvalue weighted by atomic mass is 35.5. The van der Waals surface area contributed by atoms with Crippen LogP contribution < -0.4 is 5.09 Å². The predicted molar refractivity (Wildman–Crippen MR) is 169 cm³/mol. The molecule has 0 bridgehead atoms. The highest BCUT2D eigenvalue weighted by Gasteiger charge is 2.25. The zero-order valence-electron chi connectivity index (χ0n) is 21.1. The Kier molecular flexibility index (Phi) is 8.78. The van der Waals surface area contributed by atoms with Crippen molar-refractivity contribution in [2.75, 3.05) is 5.09 Å². The number of thiazole rings is 1. The van der Waals surface area contributed by atoms with Crippen molar-refractivity contribution in [3.63, 3.8) is 0 Å². The van der Waals surface area contributed by atoms with E-state index < -0.39 is 7.29 Å². The molecule has 0 fully saturated rings. The molecule has 8 heteroatoms. The number of carbonyl (C=O) groups is 1. The number of aromatic nitrogens is 1. The summed E-state index contributed by atoms with van der Waals surface area (Å²) in [5, 5.41) is 3.99. The normalized spacial score (nSPS) is 13.4. The van der Waals surface area contributed by atoms with Gasteiger partial charge < -0.3 is 5.09 Å². The van der Waals surface area contributed by atoms with Crippen molar-refractivity contribution in [1.82, 2.24) is 4.98 Å². The Morgan fingerprint density at radius 2 is 1.10 bits per heavy atom. The standard InChI is InChI=1S/C32H23Cl2N2O2PS/c33-27(23-13-5-1-6-14-23)21-39(38,22-28(34)24-15-7-2-8-16-24)36-32-35-29(25-17-9-3-10-18-25)31(40-32)30(37)26-19-11-4-12-20-26/h1-22H,(H,35,36,38)/b27-21+,28-22?. The highest BCUT2D eigenvalue weighted by molar-refractivity contribution is 7.72. The second kappa shape index (κ2) is 12.6. The van der Waals surface area contributed by atoms with Crippen molar-refractivity contribution in [3.8, 4) is 11.3 Å². The molecular weight excluding hydrogens is 578 g/mol. The van der Waals surface area contributed by atoms with Crippen LogP contribution in [0.2, 0.25) is 0 Å². The first kappa shape index (κ1) is 27.8. The van der Waals surface area contributed by atoms with E-state index in [0.717, 1.165) is 16.9 Å². The van der Waals surface area contributed by atoms with Gasteiger partial charge in [0.05, 0.1) is 15.8 Å². The lowest BCUT2D eigenvalue weighted by Gasteiger charge is -2.13. The topological polar surface area (TPSA) is 59.1 Å². The van der Waals surface area contributed by atoms with E-state index in [2.05, 4.69) is 5.09 Å². The monoisotopic (exact) mass is 600 g/mol. The molecule has 1 unspecified atom stereocenters. The summed E-state index contributed by atoms with van der Waals surface area (Å²) in [5.41, 5.74) is 3.23. The second-order valence-corrected chi connectivity index (χ2v) is 12.7. The fraction of sp³-hybridized carbons (Fsp3) is 0. The fourth-order valence-corrected chi connectivity index (χ4v) is 8.02. The summed E-state index contributed by atoms with van der Waals surface area (Å²) in [7, 11) is -3.59. The minimum Gasteiger partial charge on any atom is -0.306 e. The van der Waals surface area contributed by atoms with Crippen molar-refractivity contribution in [1.29, 1.82) is 0 Å². The van der Waals surface area contributed by atoms with Gasteiger partial charge in [0.2, 0.25) is 13.1 Å². The minimum atomic E-state index is -3.59. The molecule has 0 aliphatic rings. The SMILES string of the molecule is O=C(c1ccccc1)c1sc(NP(=O)(C=C(Cl)c2ccccc2)/C=C(/Cl)c2ccccc2)nc1-c1ccccc1. The van der Waals surface area contributed by atoms with Gasteiger partial charge in [0.1, 0.15) is 4.88 Å². The van der Waals surface area contributed by atoms with Gasteiger partial charge in [-0.05, 0) is 11.1 Å². The van der Waals surface area contributed by atoms with Crippen LogP contribution in [0.4, 0.5) is 5.13 Å². The van der Waals surface area contributed by atoms with Gasteiger partial charge >= 0.3 is 0 Å². The van der Waals surface area contributed by atoms with Crippen molar-refractivity contribution in [2.45, 2.75) is 0 Å². The number of ketones is 1. The molecular formula is C32H23Cl2N2O2PS. The molecule has 0 aliphatic carbocycles. The third-order valence-corrected chi connectivity index (χ3v) is 9.82. The zero-order chi connectivity index (χ0) is 28.0. The lowest BCUT2D eigenvalue weighted by atomic mass is 10.1. The van der Waals surface area contributed by atoms with Gasteiger partial charge in [0.15, 0.2) is 5.13 Å². The molecule has 0 saturated carbocycles. The van der Waals surface area contributed by atoms with Gasteiger partial charge in [-0.1, -0.05) is 156 Å². The Balaban J connectivity index is 1.60. The van der Waals surface area contributed by atoms with Gasteiger partial charge in [0, 0.05) is 22.8 Å². The van der Waals surface area contributed by atoms with Crippen molar-refractivity contribution >= 4 is 62.8 Å². The molecule has 1 atom stereocenters. The molecule has 4 nitrogen and oxygen atoms in total. The maximum Gasteiger partial charge on any atom is 0.217 e. The van der Waals surface area contributed by atoms with Crippen LogP contribution in [0.1, 0.15) is 26.4 Å². The molecule has 0 spiro atoms. The van der Waals surface area contributed by atoms with Crippen LogP contribution in [0.15, 0.2) is 133 Å². The molecule has 0 saturated heterocycles. The van der Waals surface area contributed by atoms with E-state index in [4.69, 9.17) is 28.2 Å². The van der Waals surface area contributed by atoms with Crippen LogP contribution in [0, 0.1) is 0 Å². The van der Waals surface area contributed by atoms with Crippen LogP contribution in [-0.4, -0.2) is 10.8 Å². The molecule has 198 valence electrons. The van der Waals surface area contributed by atoms with E-state index in [0.29, 0.717) is 42.5 Å². The number of rotatable bonds is 9. The molecule has 40 heavy (non-hydrogen) atoms. The molecule has 1 heterocycles. The molecule has 5 aromatic rings. The summed E-state index contributed by atoms with van der Waals surface area (Å²) in [6, 6.07) is 37.0. The second-order valence-electron chi connectivity index (χ2n) is 8.77. The fourth-order valence-electron chi connectivity index (χ4n) is 3.97. The van der Waals surface area contributed by atoms with Gasteiger partial charge in [-0.15, -0.1) is 0 Å². The third kappa shape index (κ3) is 6.70. The summed E-state index contributed by atoms with van der Waals surface area (Å²) < 4.78 is 14.5. The van der Waals surface area contributed by atoms with Gasteiger partial charge in [0.25, 0.3) is 0 Å². The van der Waals surface area contributed by atoms with Crippen LogP contribution in [0.25, 0.3) is 21.3 Å². The molecule has 0 amide bonds. The van der Waals surface area contributed by atoms with Crippen molar-refractivity contribution in [2.24, 2.45) is 0 Å². The maximum absolute atomic E-state index is 14.5. The molecule has 1 aromatic heterocycles. The largest absolute Gasteiger partial charge is 0.306 e. The summed E-state index contributed by atoms with van der Waals surface area (Å²) in [4.78, 5) is 18.7. The smallest absolute Gasteiger partial charge is 0.217 e. The Labute approximate surface area is 247 Å². The first-order valence-electron chi connectivity index (χ1n) is 12.3. The zero-order valence-corrected chi connectivity index (χ0v) is 24.3.